The highest BCUT2D eigenvalue weighted by Crippen LogP contribution is 2.08. The summed E-state index contributed by atoms with van der Waals surface area (Å²) in [5.41, 5.74) is 10.6. The third-order valence-electron chi connectivity index (χ3n) is 3.76. The zero-order valence-electron chi connectivity index (χ0n) is 16.9. The molecule has 0 saturated carbocycles. The molecule has 4 amide bonds. The topological polar surface area (TPSA) is 194 Å². The summed E-state index contributed by atoms with van der Waals surface area (Å²) in [5, 5.41) is 16.0. The molecule has 0 aromatic carbocycles. The molecule has 0 radical (unpaired) electrons. The Morgan fingerprint density at radius 3 is 2.07 bits per heavy atom. The highest BCUT2D eigenvalue weighted by atomic mass is 32.2. The number of aliphatic carboxylic acids is 1. The first-order valence-electron chi connectivity index (χ1n) is 9.10. The lowest BCUT2D eigenvalue weighted by atomic mass is 10.0. The standard InChI is InChI=1S/C17H31N5O6S/c1-9(2)6-12(22-15(26)10(18)7-13(19)23)17(28)21-11(4-5-29-3)16(27)20-8-14(24)25/h9-12H,4-8,18H2,1-3H3,(H2,19,23)(H,20,27)(H,21,28)(H,22,26)(H,24,25). The number of hydrogen-bond donors (Lipinski definition) is 6. The summed E-state index contributed by atoms with van der Waals surface area (Å²) in [4.78, 5) is 58.7. The number of hydrogen-bond acceptors (Lipinski definition) is 7. The van der Waals surface area contributed by atoms with Crippen molar-refractivity contribution in [3.63, 3.8) is 0 Å². The molecule has 12 heteroatoms. The molecule has 0 saturated heterocycles. The fourth-order valence-corrected chi connectivity index (χ4v) is 2.83. The predicted octanol–water partition coefficient (Wildman–Crippen LogP) is -1.84. The number of carboxylic acid groups (broad SMARTS) is 1. The van der Waals surface area contributed by atoms with Crippen LogP contribution in [0.15, 0.2) is 0 Å². The van der Waals surface area contributed by atoms with Crippen LogP contribution in [0.4, 0.5) is 0 Å². The van der Waals surface area contributed by atoms with Gasteiger partial charge in [0, 0.05) is 0 Å². The van der Waals surface area contributed by atoms with Crippen molar-refractivity contribution in [1.29, 1.82) is 0 Å². The molecular formula is C17H31N5O6S. The quantitative estimate of drug-likeness (QED) is 0.184. The molecule has 11 nitrogen and oxygen atoms in total. The molecule has 0 aliphatic heterocycles. The first kappa shape index (κ1) is 26.7. The summed E-state index contributed by atoms with van der Waals surface area (Å²) in [7, 11) is 0. The van der Waals surface area contributed by atoms with E-state index in [9.17, 15) is 24.0 Å². The van der Waals surface area contributed by atoms with Gasteiger partial charge in [0.05, 0.1) is 12.5 Å². The van der Waals surface area contributed by atoms with Crippen LogP contribution in [-0.4, -0.2) is 71.4 Å². The molecule has 0 fully saturated rings. The third kappa shape index (κ3) is 12.0. The van der Waals surface area contributed by atoms with Gasteiger partial charge >= 0.3 is 5.97 Å². The molecule has 0 aliphatic carbocycles. The van der Waals surface area contributed by atoms with Crippen LogP contribution in [0, 0.1) is 5.92 Å². The molecular weight excluding hydrogens is 402 g/mol. The molecule has 0 aromatic rings. The van der Waals surface area contributed by atoms with E-state index in [1.54, 1.807) is 0 Å². The number of thioether (sulfide) groups is 1. The van der Waals surface area contributed by atoms with Gasteiger partial charge in [-0.1, -0.05) is 13.8 Å². The van der Waals surface area contributed by atoms with Crippen molar-refractivity contribution in [3.05, 3.63) is 0 Å². The lowest BCUT2D eigenvalue weighted by molar-refractivity contribution is -0.138. The van der Waals surface area contributed by atoms with Crippen LogP contribution in [0.3, 0.4) is 0 Å². The molecule has 0 heterocycles. The van der Waals surface area contributed by atoms with E-state index >= 15 is 0 Å². The van der Waals surface area contributed by atoms with E-state index in [1.807, 2.05) is 20.1 Å². The van der Waals surface area contributed by atoms with Crippen LogP contribution in [0.5, 0.6) is 0 Å². The zero-order chi connectivity index (χ0) is 22.6. The summed E-state index contributed by atoms with van der Waals surface area (Å²) in [6.45, 7) is 3.12. The van der Waals surface area contributed by atoms with Gasteiger partial charge in [0.15, 0.2) is 0 Å². The molecule has 0 aromatic heterocycles. The molecule has 3 unspecified atom stereocenters. The summed E-state index contributed by atoms with van der Waals surface area (Å²) in [5.74, 6) is -3.31. The number of carbonyl (C=O) groups is 5. The lowest BCUT2D eigenvalue weighted by Crippen LogP contribution is -2.56. The van der Waals surface area contributed by atoms with Crippen LogP contribution in [0.25, 0.3) is 0 Å². The van der Waals surface area contributed by atoms with Crippen LogP contribution in [-0.2, 0) is 24.0 Å². The molecule has 166 valence electrons. The second-order valence-electron chi connectivity index (χ2n) is 6.92. The Labute approximate surface area is 174 Å². The van der Waals surface area contributed by atoms with E-state index in [0.717, 1.165) is 0 Å². The molecule has 0 spiro atoms. The van der Waals surface area contributed by atoms with Gasteiger partial charge in [-0.2, -0.15) is 11.8 Å². The highest BCUT2D eigenvalue weighted by Gasteiger charge is 2.29. The molecule has 0 aliphatic rings. The summed E-state index contributed by atoms with van der Waals surface area (Å²) >= 11 is 1.46. The minimum Gasteiger partial charge on any atom is -0.480 e. The normalized spacial score (nSPS) is 13.8. The fraction of sp³-hybridized carbons (Fsp3) is 0.706. The Kier molecular flexibility index (Phi) is 12.7. The van der Waals surface area contributed by atoms with Crippen molar-refractivity contribution >= 4 is 41.4 Å². The van der Waals surface area contributed by atoms with Crippen molar-refractivity contribution in [2.45, 2.75) is 51.2 Å². The maximum absolute atomic E-state index is 12.7. The fourth-order valence-electron chi connectivity index (χ4n) is 2.35. The Bertz CT molecular complexity index is 601. The highest BCUT2D eigenvalue weighted by molar-refractivity contribution is 7.98. The third-order valence-corrected chi connectivity index (χ3v) is 4.40. The Hall–Kier alpha value is -2.34. The zero-order valence-corrected chi connectivity index (χ0v) is 17.7. The van der Waals surface area contributed by atoms with E-state index in [2.05, 4.69) is 16.0 Å². The average molecular weight is 434 g/mol. The minimum absolute atomic E-state index is 0.0314. The van der Waals surface area contributed by atoms with Crippen LogP contribution >= 0.6 is 11.8 Å². The van der Waals surface area contributed by atoms with Crippen LogP contribution < -0.4 is 27.4 Å². The van der Waals surface area contributed by atoms with Crippen molar-refractivity contribution in [3.8, 4) is 0 Å². The second-order valence-corrected chi connectivity index (χ2v) is 7.91. The second kappa shape index (κ2) is 13.8. The van der Waals surface area contributed by atoms with E-state index in [-0.39, 0.29) is 25.2 Å². The average Bonchev–Trinajstić information content (AvgIpc) is 2.61. The van der Waals surface area contributed by atoms with Crippen molar-refractivity contribution in [2.75, 3.05) is 18.6 Å². The van der Waals surface area contributed by atoms with Crippen LogP contribution in [0.1, 0.15) is 33.1 Å². The summed E-state index contributed by atoms with van der Waals surface area (Å²) < 4.78 is 0. The minimum atomic E-state index is -1.21. The number of carbonyl (C=O) groups excluding carboxylic acids is 4. The van der Waals surface area contributed by atoms with E-state index < -0.39 is 54.3 Å². The van der Waals surface area contributed by atoms with Crippen molar-refractivity contribution in [1.82, 2.24) is 16.0 Å². The van der Waals surface area contributed by atoms with Gasteiger partial charge in [-0.05, 0) is 30.8 Å². The van der Waals surface area contributed by atoms with E-state index in [0.29, 0.717) is 5.75 Å². The van der Waals surface area contributed by atoms with Crippen molar-refractivity contribution in [2.24, 2.45) is 17.4 Å². The summed E-state index contributed by atoms with van der Waals surface area (Å²) in [6.07, 6.45) is 2.01. The van der Waals surface area contributed by atoms with E-state index in [1.165, 1.54) is 11.8 Å². The molecule has 3 atom stereocenters. The maximum Gasteiger partial charge on any atom is 0.322 e. The maximum atomic E-state index is 12.7. The number of primary amides is 1. The first-order valence-corrected chi connectivity index (χ1v) is 10.5. The molecule has 8 N–H and O–H groups in total. The van der Waals surface area contributed by atoms with Gasteiger partial charge in [0.1, 0.15) is 18.6 Å². The number of carboxylic acids is 1. The van der Waals surface area contributed by atoms with Gasteiger partial charge in [-0.3, -0.25) is 24.0 Å². The number of nitrogens with two attached hydrogens (primary N) is 2. The SMILES string of the molecule is CSCCC(NC(=O)C(CC(C)C)NC(=O)C(N)CC(N)=O)C(=O)NCC(=O)O. The largest absolute Gasteiger partial charge is 0.480 e. The van der Waals surface area contributed by atoms with E-state index in [4.69, 9.17) is 16.6 Å². The smallest absolute Gasteiger partial charge is 0.322 e. The lowest BCUT2D eigenvalue weighted by Gasteiger charge is -2.25. The van der Waals surface area contributed by atoms with Gasteiger partial charge in [0.2, 0.25) is 23.6 Å². The number of nitrogens with one attached hydrogen (secondary N) is 3. The number of amides is 4. The Morgan fingerprint density at radius 1 is 1.00 bits per heavy atom. The van der Waals surface area contributed by atoms with Crippen LogP contribution in [0.2, 0.25) is 0 Å². The number of rotatable bonds is 14. The Morgan fingerprint density at radius 2 is 1.59 bits per heavy atom. The predicted molar refractivity (Wildman–Crippen MR) is 109 cm³/mol. The monoisotopic (exact) mass is 433 g/mol. The van der Waals surface area contributed by atoms with Gasteiger partial charge < -0.3 is 32.5 Å². The van der Waals surface area contributed by atoms with Gasteiger partial charge in [-0.15, -0.1) is 0 Å². The van der Waals surface area contributed by atoms with Crippen molar-refractivity contribution < 1.29 is 29.1 Å². The van der Waals surface area contributed by atoms with Gasteiger partial charge in [0.25, 0.3) is 0 Å². The summed E-state index contributed by atoms with van der Waals surface area (Å²) in [6, 6.07) is -3.13. The molecule has 29 heavy (non-hydrogen) atoms. The molecule has 0 bridgehead atoms. The van der Waals surface area contributed by atoms with Gasteiger partial charge in [-0.25, -0.2) is 0 Å². The Balaban J connectivity index is 5.20. The molecule has 0 rings (SSSR count). The first-order chi connectivity index (χ1) is 13.5.